The van der Waals surface area contributed by atoms with Crippen molar-refractivity contribution in [1.82, 2.24) is 15.0 Å². The van der Waals surface area contributed by atoms with Gasteiger partial charge < -0.3 is 20.3 Å². The van der Waals surface area contributed by atoms with Gasteiger partial charge in [-0.2, -0.15) is 0 Å². The summed E-state index contributed by atoms with van der Waals surface area (Å²) in [6.07, 6.45) is 1.88. The van der Waals surface area contributed by atoms with E-state index in [0.717, 1.165) is 28.0 Å². The Balaban J connectivity index is 1.78. The van der Waals surface area contributed by atoms with Crippen molar-refractivity contribution in [3.63, 3.8) is 0 Å². The van der Waals surface area contributed by atoms with Crippen LogP contribution in [-0.4, -0.2) is 32.1 Å². The first-order valence-electron chi connectivity index (χ1n) is 10.1. The van der Waals surface area contributed by atoms with Gasteiger partial charge in [0.1, 0.15) is 5.82 Å². The number of aryl methyl sites for hydroxylation is 1. The number of hydrogen-bond donors (Lipinski definition) is 4. The van der Waals surface area contributed by atoms with Gasteiger partial charge in [0.15, 0.2) is 5.82 Å². The van der Waals surface area contributed by atoms with Gasteiger partial charge in [0.2, 0.25) is 0 Å². The van der Waals surface area contributed by atoms with E-state index >= 15 is 0 Å². The number of anilines is 1. The first-order chi connectivity index (χ1) is 14.5. The van der Waals surface area contributed by atoms with Crippen molar-refractivity contribution in [3.8, 4) is 11.4 Å². The molecular weight excluding hydrogens is 375 g/mol. The van der Waals surface area contributed by atoms with Crippen LogP contribution in [0.3, 0.4) is 0 Å². The molecule has 4 rings (SSSR count). The van der Waals surface area contributed by atoms with Crippen LogP contribution in [0.5, 0.6) is 0 Å². The largest absolute Gasteiger partial charge is 0.490 e. The number of benzene rings is 2. The van der Waals surface area contributed by atoms with E-state index in [1.807, 2.05) is 43.5 Å². The van der Waals surface area contributed by atoms with E-state index in [-0.39, 0.29) is 5.92 Å². The number of nitrogens with one attached hydrogen (secondary N) is 2. The average Bonchev–Trinajstić information content (AvgIpc) is 3.08. The molecule has 0 aliphatic carbocycles. The summed E-state index contributed by atoms with van der Waals surface area (Å²) in [5.41, 5.74) is 5.10. The minimum absolute atomic E-state index is 0.275. The second-order valence-corrected chi connectivity index (χ2v) is 7.76. The smallest absolute Gasteiger partial charge is 0.423 e. The number of fused-ring (bicyclic) bond motifs is 1. The molecular formula is C23H25BN4O2. The highest BCUT2D eigenvalue weighted by Gasteiger charge is 2.21. The van der Waals surface area contributed by atoms with Crippen LogP contribution < -0.4 is 10.8 Å². The number of aromatic amines is 1. The van der Waals surface area contributed by atoms with Crippen LogP contribution in [-0.2, 0) is 6.54 Å². The Morgan fingerprint density at radius 3 is 2.53 bits per heavy atom. The second-order valence-electron chi connectivity index (χ2n) is 7.76. The van der Waals surface area contributed by atoms with Gasteiger partial charge in [-0.25, -0.2) is 9.97 Å². The van der Waals surface area contributed by atoms with Gasteiger partial charge in [-0.05, 0) is 18.4 Å². The van der Waals surface area contributed by atoms with E-state index in [2.05, 4.69) is 41.3 Å². The number of rotatable bonds is 6. The molecule has 2 aromatic heterocycles. The van der Waals surface area contributed by atoms with Crippen molar-refractivity contribution >= 4 is 29.3 Å². The fourth-order valence-corrected chi connectivity index (χ4v) is 3.73. The lowest BCUT2D eigenvalue weighted by Gasteiger charge is -2.15. The summed E-state index contributed by atoms with van der Waals surface area (Å²) in [7, 11) is -1.55. The van der Waals surface area contributed by atoms with Crippen LogP contribution in [0.25, 0.3) is 22.3 Å². The molecule has 30 heavy (non-hydrogen) atoms. The zero-order valence-corrected chi connectivity index (χ0v) is 17.3. The van der Waals surface area contributed by atoms with Crippen molar-refractivity contribution in [1.29, 1.82) is 0 Å². The minimum atomic E-state index is -1.55. The Bertz CT molecular complexity index is 1170. The first-order valence-corrected chi connectivity index (χ1v) is 10.1. The first kappa shape index (κ1) is 20.1. The molecule has 4 N–H and O–H groups in total. The second kappa shape index (κ2) is 8.30. The SMILES string of the molecule is Cc1[nH]c2c(B(O)O)cccc2c1-c1ncc(C(C)C)c(NCc2ccccc2)n1. The van der Waals surface area contributed by atoms with E-state index in [9.17, 15) is 10.0 Å². The summed E-state index contributed by atoms with van der Waals surface area (Å²) in [4.78, 5) is 12.8. The lowest BCUT2D eigenvalue weighted by Crippen LogP contribution is -2.30. The normalized spacial score (nSPS) is 11.3. The van der Waals surface area contributed by atoms with E-state index < -0.39 is 7.12 Å². The molecule has 0 aliphatic heterocycles. The van der Waals surface area contributed by atoms with Gasteiger partial charge in [0, 0.05) is 45.9 Å². The standard InChI is InChI=1S/C23H25BN4O2/c1-14(2)18-13-26-23(28-22(18)25-12-16-8-5-4-6-9-16)20-15(3)27-21-17(20)10-7-11-19(21)24(29)30/h4-11,13-14,27,29-30H,12H2,1-3H3,(H,25,26,28). The van der Waals surface area contributed by atoms with Crippen molar-refractivity contribution in [3.05, 3.63) is 71.5 Å². The predicted octanol–water partition coefficient (Wildman–Crippen LogP) is 3.35. The highest BCUT2D eigenvalue weighted by atomic mass is 16.4. The molecule has 0 saturated carbocycles. The average molecular weight is 400 g/mol. The van der Waals surface area contributed by atoms with Crippen LogP contribution >= 0.6 is 0 Å². The lowest BCUT2D eigenvalue weighted by atomic mass is 9.79. The number of para-hydroxylation sites is 1. The highest BCUT2D eigenvalue weighted by molar-refractivity contribution is 6.61. The third kappa shape index (κ3) is 3.82. The number of aromatic nitrogens is 3. The Hall–Kier alpha value is -3.16. The molecule has 4 aromatic rings. The van der Waals surface area contributed by atoms with E-state index in [0.29, 0.717) is 23.3 Å². The van der Waals surface area contributed by atoms with Crippen LogP contribution in [0.4, 0.5) is 5.82 Å². The Morgan fingerprint density at radius 2 is 1.83 bits per heavy atom. The van der Waals surface area contributed by atoms with Gasteiger partial charge in [-0.15, -0.1) is 0 Å². The summed E-state index contributed by atoms with van der Waals surface area (Å²) in [6, 6.07) is 15.7. The van der Waals surface area contributed by atoms with Crippen LogP contribution in [0.15, 0.2) is 54.7 Å². The molecule has 0 amide bonds. The zero-order chi connectivity index (χ0) is 21.3. The molecule has 0 aliphatic rings. The highest BCUT2D eigenvalue weighted by Crippen LogP contribution is 2.32. The molecule has 0 atom stereocenters. The fraction of sp³-hybridized carbons (Fsp3) is 0.217. The third-order valence-electron chi connectivity index (χ3n) is 5.30. The Labute approximate surface area is 176 Å². The maximum atomic E-state index is 9.71. The molecule has 0 unspecified atom stereocenters. The summed E-state index contributed by atoms with van der Waals surface area (Å²) >= 11 is 0. The van der Waals surface area contributed by atoms with Crippen molar-refractivity contribution < 1.29 is 10.0 Å². The quantitative estimate of drug-likeness (QED) is 0.373. The van der Waals surface area contributed by atoms with Crippen molar-refractivity contribution in [2.24, 2.45) is 0 Å². The molecule has 0 spiro atoms. The summed E-state index contributed by atoms with van der Waals surface area (Å²) in [6.45, 7) is 6.86. The molecule has 0 radical (unpaired) electrons. The molecule has 0 bridgehead atoms. The summed E-state index contributed by atoms with van der Waals surface area (Å²) in [5.74, 6) is 1.69. The molecule has 0 fully saturated rings. The van der Waals surface area contributed by atoms with Crippen molar-refractivity contribution in [2.45, 2.75) is 33.2 Å². The molecule has 2 aromatic carbocycles. The molecule has 0 saturated heterocycles. The Kier molecular flexibility index (Phi) is 5.57. The maximum Gasteiger partial charge on any atom is 0.490 e. The Morgan fingerprint density at radius 1 is 1.07 bits per heavy atom. The summed E-state index contributed by atoms with van der Waals surface area (Å²) < 4.78 is 0. The van der Waals surface area contributed by atoms with Crippen LogP contribution in [0.2, 0.25) is 0 Å². The lowest BCUT2D eigenvalue weighted by molar-refractivity contribution is 0.426. The number of hydrogen-bond acceptors (Lipinski definition) is 5. The van der Waals surface area contributed by atoms with Crippen LogP contribution in [0.1, 0.15) is 36.6 Å². The topological polar surface area (TPSA) is 94.1 Å². The van der Waals surface area contributed by atoms with Crippen molar-refractivity contribution in [2.75, 3.05) is 5.32 Å². The fourth-order valence-electron chi connectivity index (χ4n) is 3.73. The van der Waals surface area contributed by atoms with Gasteiger partial charge in [0.25, 0.3) is 0 Å². The molecule has 2 heterocycles. The monoisotopic (exact) mass is 400 g/mol. The predicted molar refractivity (Wildman–Crippen MR) is 122 cm³/mol. The maximum absolute atomic E-state index is 9.71. The number of H-pyrrole nitrogens is 1. The van der Waals surface area contributed by atoms with E-state index in [4.69, 9.17) is 4.98 Å². The van der Waals surface area contributed by atoms with E-state index in [1.165, 1.54) is 5.56 Å². The van der Waals surface area contributed by atoms with Gasteiger partial charge >= 0.3 is 7.12 Å². The van der Waals surface area contributed by atoms with E-state index in [1.54, 1.807) is 6.07 Å². The zero-order valence-electron chi connectivity index (χ0n) is 17.3. The number of nitrogens with zero attached hydrogens (tertiary/aromatic N) is 2. The molecule has 6 nitrogen and oxygen atoms in total. The van der Waals surface area contributed by atoms with Gasteiger partial charge in [-0.1, -0.05) is 62.4 Å². The van der Waals surface area contributed by atoms with Gasteiger partial charge in [-0.3, -0.25) is 0 Å². The third-order valence-corrected chi connectivity index (χ3v) is 5.30. The van der Waals surface area contributed by atoms with Gasteiger partial charge in [0.05, 0.1) is 0 Å². The minimum Gasteiger partial charge on any atom is -0.423 e. The van der Waals surface area contributed by atoms with Crippen LogP contribution in [0, 0.1) is 6.92 Å². The molecule has 152 valence electrons. The molecule has 7 heteroatoms. The summed E-state index contributed by atoms with van der Waals surface area (Å²) in [5, 5.41) is 23.7.